The number of halogens is 2. The highest BCUT2D eigenvalue weighted by Gasteiger charge is 2.26. The SMILES string of the molecule is NC1=NC(c2ccc(Cl)c(Br)c2)C(=O)N1. The van der Waals surface area contributed by atoms with Crippen molar-refractivity contribution < 1.29 is 4.79 Å². The van der Waals surface area contributed by atoms with E-state index in [0.717, 1.165) is 10.0 Å². The lowest BCUT2D eigenvalue weighted by Crippen LogP contribution is -2.31. The first-order valence-corrected chi connectivity index (χ1v) is 5.34. The lowest BCUT2D eigenvalue weighted by Gasteiger charge is -2.05. The first-order valence-electron chi connectivity index (χ1n) is 4.17. The van der Waals surface area contributed by atoms with Gasteiger partial charge in [-0.25, -0.2) is 4.99 Å². The Morgan fingerprint density at radius 3 is 2.80 bits per heavy atom. The molecule has 0 bridgehead atoms. The number of hydrogen-bond acceptors (Lipinski definition) is 3. The number of rotatable bonds is 1. The number of hydrogen-bond donors (Lipinski definition) is 2. The molecule has 1 aliphatic rings. The van der Waals surface area contributed by atoms with E-state index in [1.165, 1.54) is 0 Å². The minimum atomic E-state index is -0.571. The quantitative estimate of drug-likeness (QED) is 0.824. The summed E-state index contributed by atoms with van der Waals surface area (Å²) in [5.41, 5.74) is 6.16. The number of guanidine groups is 1. The number of amides is 1. The summed E-state index contributed by atoms with van der Waals surface area (Å²) in [6.45, 7) is 0. The predicted molar refractivity (Wildman–Crippen MR) is 61.7 cm³/mol. The van der Waals surface area contributed by atoms with E-state index in [4.69, 9.17) is 17.3 Å². The van der Waals surface area contributed by atoms with Crippen molar-refractivity contribution in [2.75, 3.05) is 0 Å². The molecule has 15 heavy (non-hydrogen) atoms. The Hall–Kier alpha value is -1.07. The van der Waals surface area contributed by atoms with E-state index in [-0.39, 0.29) is 11.9 Å². The number of benzene rings is 1. The number of nitrogens with zero attached hydrogens (tertiary/aromatic N) is 1. The van der Waals surface area contributed by atoms with Crippen LogP contribution in [0.2, 0.25) is 5.02 Å². The Bertz CT molecular complexity index is 461. The van der Waals surface area contributed by atoms with Gasteiger partial charge in [0.05, 0.1) is 5.02 Å². The lowest BCUT2D eigenvalue weighted by atomic mass is 10.1. The fourth-order valence-electron chi connectivity index (χ4n) is 1.33. The van der Waals surface area contributed by atoms with E-state index in [1.54, 1.807) is 18.2 Å². The molecule has 0 saturated heterocycles. The minimum Gasteiger partial charge on any atom is -0.370 e. The number of nitrogens with two attached hydrogens (primary N) is 1. The maximum absolute atomic E-state index is 11.4. The van der Waals surface area contributed by atoms with E-state index in [2.05, 4.69) is 26.2 Å². The monoisotopic (exact) mass is 287 g/mol. The molecule has 0 aliphatic carbocycles. The van der Waals surface area contributed by atoms with Gasteiger partial charge in [0.25, 0.3) is 5.91 Å². The molecule has 0 saturated carbocycles. The molecule has 1 aliphatic heterocycles. The van der Waals surface area contributed by atoms with Crippen LogP contribution in [0.3, 0.4) is 0 Å². The van der Waals surface area contributed by atoms with Crippen LogP contribution in [0.5, 0.6) is 0 Å². The van der Waals surface area contributed by atoms with Gasteiger partial charge in [0.15, 0.2) is 12.0 Å². The van der Waals surface area contributed by atoms with Gasteiger partial charge in [0, 0.05) is 4.47 Å². The van der Waals surface area contributed by atoms with Crippen molar-refractivity contribution in [1.82, 2.24) is 5.32 Å². The molecule has 0 fully saturated rings. The Balaban J connectivity index is 2.38. The van der Waals surface area contributed by atoms with Crippen LogP contribution in [-0.4, -0.2) is 11.9 Å². The zero-order valence-corrected chi connectivity index (χ0v) is 9.84. The number of aliphatic imine (C=N–C) groups is 1. The maximum Gasteiger partial charge on any atom is 0.256 e. The Labute approximate surface area is 99.6 Å². The van der Waals surface area contributed by atoms with E-state index < -0.39 is 6.04 Å². The highest BCUT2D eigenvalue weighted by Crippen LogP contribution is 2.28. The van der Waals surface area contributed by atoms with Crippen molar-refractivity contribution in [1.29, 1.82) is 0 Å². The topological polar surface area (TPSA) is 67.5 Å². The predicted octanol–water partition coefficient (Wildman–Crippen LogP) is 1.59. The second kappa shape index (κ2) is 3.83. The van der Waals surface area contributed by atoms with Gasteiger partial charge in [-0.05, 0) is 33.6 Å². The van der Waals surface area contributed by atoms with Crippen LogP contribution in [0.1, 0.15) is 11.6 Å². The third kappa shape index (κ3) is 1.98. The summed E-state index contributed by atoms with van der Waals surface area (Å²) in [6, 6.07) is 4.64. The van der Waals surface area contributed by atoms with Crippen molar-refractivity contribution in [3.8, 4) is 0 Å². The molecule has 0 spiro atoms. The Morgan fingerprint density at radius 1 is 1.53 bits per heavy atom. The normalized spacial score (nSPS) is 20.0. The molecule has 3 N–H and O–H groups in total. The van der Waals surface area contributed by atoms with Crippen molar-refractivity contribution in [3.05, 3.63) is 33.3 Å². The van der Waals surface area contributed by atoms with Crippen molar-refractivity contribution in [2.45, 2.75) is 6.04 Å². The van der Waals surface area contributed by atoms with Gasteiger partial charge in [-0.3, -0.25) is 10.1 Å². The molecule has 0 aromatic heterocycles. The van der Waals surface area contributed by atoms with Crippen LogP contribution in [-0.2, 0) is 4.79 Å². The van der Waals surface area contributed by atoms with Gasteiger partial charge in [0.2, 0.25) is 0 Å². The summed E-state index contributed by atoms with van der Waals surface area (Å²) >= 11 is 9.13. The number of carbonyl (C=O) groups excluding carboxylic acids is 1. The highest BCUT2D eigenvalue weighted by atomic mass is 79.9. The fourth-order valence-corrected chi connectivity index (χ4v) is 1.85. The maximum atomic E-state index is 11.4. The summed E-state index contributed by atoms with van der Waals surface area (Å²) in [5, 5.41) is 3.03. The average molecular weight is 289 g/mol. The first-order chi connectivity index (χ1) is 7.08. The fraction of sp³-hybridized carbons (Fsp3) is 0.111. The van der Waals surface area contributed by atoms with Crippen molar-refractivity contribution in [3.63, 3.8) is 0 Å². The van der Waals surface area contributed by atoms with Gasteiger partial charge in [-0.2, -0.15) is 0 Å². The Kier molecular flexibility index (Phi) is 2.67. The minimum absolute atomic E-state index is 0.149. The van der Waals surface area contributed by atoms with E-state index in [0.29, 0.717) is 5.02 Å². The third-order valence-electron chi connectivity index (χ3n) is 2.03. The standard InChI is InChI=1S/C9H7BrClN3O/c10-5-3-4(1-2-6(5)11)7-8(15)14-9(12)13-7/h1-3,7H,(H3,12,13,14,15). The van der Waals surface area contributed by atoms with Gasteiger partial charge in [0.1, 0.15) is 0 Å². The molecule has 6 heteroatoms. The van der Waals surface area contributed by atoms with Crippen LogP contribution in [0.4, 0.5) is 0 Å². The molecule has 0 radical (unpaired) electrons. The lowest BCUT2D eigenvalue weighted by molar-refractivity contribution is -0.120. The summed E-state index contributed by atoms with van der Waals surface area (Å²) in [6.07, 6.45) is 0. The van der Waals surface area contributed by atoms with E-state index in [1.807, 2.05) is 0 Å². The molecule has 1 heterocycles. The van der Waals surface area contributed by atoms with Crippen LogP contribution >= 0.6 is 27.5 Å². The largest absolute Gasteiger partial charge is 0.370 e. The molecule has 78 valence electrons. The van der Waals surface area contributed by atoms with Crippen LogP contribution < -0.4 is 11.1 Å². The molecule has 1 amide bonds. The van der Waals surface area contributed by atoms with Crippen LogP contribution in [0, 0.1) is 0 Å². The average Bonchev–Trinajstić information content (AvgIpc) is 2.50. The molecular weight excluding hydrogens is 281 g/mol. The first kappa shape index (κ1) is 10.4. The highest BCUT2D eigenvalue weighted by molar-refractivity contribution is 9.10. The summed E-state index contributed by atoms with van der Waals surface area (Å²) in [5.74, 6) is -0.0715. The number of carbonyl (C=O) groups is 1. The van der Waals surface area contributed by atoms with Gasteiger partial charge in [-0.1, -0.05) is 17.7 Å². The smallest absolute Gasteiger partial charge is 0.256 e. The van der Waals surface area contributed by atoms with Crippen molar-refractivity contribution in [2.24, 2.45) is 10.7 Å². The summed E-state index contributed by atoms with van der Waals surface area (Å²) in [4.78, 5) is 15.4. The Morgan fingerprint density at radius 2 is 2.27 bits per heavy atom. The zero-order valence-electron chi connectivity index (χ0n) is 7.50. The van der Waals surface area contributed by atoms with Crippen molar-refractivity contribution >= 4 is 39.4 Å². The zero-order chi connectivity index (χ0) is 11.0. The number of nitrogens with one attached hydrogen (secondary N) is 1. The van der Waals surface area contributed by atoms with Gasteiger partial charge in [-0.15, -0.1) is 0 Å². The van der Waals surface area contributed by atoms with E-state index >= 15 is 0 Å². The third-order valence-corrected chi connectivity index (χ3v) is 3.24. The molecule has 4 nitrogen and oxygen atoms in total. The van der Waals surface area contributed by atoms with Gasteiger partial charge < -0.3 is 5.73 Å². The second-order valence-electron chi connectivity index (χ2n) is 3.08. The molecule has 1 unspecified atom stereocenters. The molecule has 2 rings (SSSR count). The second-order valence-corrected chi connectivity index (χ2v) is 4.34. The summed E-state index contributed by atoms with van der Waals surface area (Å²) < 4.78 is 0.732. The molecule has 1 atom stereocenters. The molecule has 1 aromatic rings. The molecule has 1 aromatic carbocycles. The summed E-state index contributed by atoms with van der Waals surface area (Å²) in [7, 11) is 0. The van der Waals surface area contributed by atoms with Gasteiger partial charge >= 0.3 is 0 Å². The van der Waals surface area contributed by atoms with E-state index in [9.17, 15) is 4.79 Å². The van der Waals surface area contributed by atoms with Crippen LogP contribution in [0.25, 0.3) is 0 Å². The molecular formula is C9H7BrClN3O. The van der Waals surface area contributed by atoms with Crippen LogP contribution in [0.15, 0.2) is 27.7 Å².